The van der Waals surface area contributed by atoms with Gasteiger partial charge in [-0.3, -0.25) is 14.9 Å². The minimum Gasteiger partial charge on any atom is -0.394 e. The Morgan fingerprint density at radius 1 is 1.44 bits per heavy atom. The lowest BCUT2D eigenvalue weighted by atomic mass is 10.1. The average molecular weight is 252 g/mol. The minimum absolute atomic E-state index is 0.0390. The van der Waals surface area contributed by atoms with Gasteiger partial charge in [-0.2, -0.15) is 0 Å². The maximum atomic E-state index is 11.4. The molecule has 0 spiro atoms. The first-order valence-electron chi connectivity index (χ1n) is 5.66. The number of aliphatic hydroxyl groups excluding tert-OH is 1. The lowest BCUT2D eigenvalue weighted by Crippen LogP contribution is -2.35. The van der Waals surface area contributed by atoms with Crippen LogP contribution in [0.5, 0.6) is 0 Å². The van der Waals surface area contributed by atoms with E-state index in [-0.39, 0.29) is 24.2 Å². The number of hydrogen-bond donors (Lipinski definition) is 2. The van der Waals surface area contributed by atoms with Crippen LogP contribution in [0.15, 0.2) is 24.3 Å². The van der Waals surface area contributed by atoms with Gasteiger partial charge in [-0.1, -0.05) is 12.1 Å². The summed E-state index contributed by atoms with van der Waals surface area (Å²) in [4.78, 5) is 21.4. The van der Waals surface area contributed by atoms with Crippen molar-refractivity contribution in [1.29, 1.82) is 0 Å². The molecule has 98 valence electrons. The van der Waals surface area contributed by atoms with Gasteiger partial charge in [0.2, 0.25) is 5.91 Å². The molecule has 0 saturated carbocycles. The molecular formula is C12H16N2O4. The van der Waals surface area contributed by atoms with Crippen molar-refractivity contribution in [3.63, 3.8) is 0 Å². The van der Waals surface area contributed by atoms with E-state index in [0.29, 0.717) is 12.8 Å². The van der Waals surface area contributed by atoms with E-state index in [1.807, 2.05) is 0 Å². The molecule has 0 aliphatic carbocycles. The van der Waals surface area contributed by atoms with E-state index < -0.39 is 4.92 Å². The second kappa shape index (κ2) is 6.70. The van der Waals surface area contributed by atoms with Gasteiger partial charge in [0.05, 0.1) is 11.5 Å². The van der Waals surface area contributed by atoms with Crippen molar-refractivity contribution in [3.05, 3.63) is 39.9 Å². The van der Waals surface area contributed by atoms with E-state index in [2.05, 4.69) is 5.32 Å². The number of aryl methyl sites for hydroxylation is 1. The van der Waals surface area contributed by atoms with Gasteiger partial charge in [0.1, 0.15) is 0 Å². The van der Waals surface area contributed by atoms with Gasteiger partial charge < -0.3 is 10.4 Å². The van der Waals surface area contributed by atoms with Crippen molar-refractivity contribution in [2.24, 2.45) is 0 Å². The Bertz CT molecular complexity index is 417. The predicted molar refractivity (Wildman–Crippen MR) is 66.1 cm³/mol. The monoisotopic (exact) mass is 252 g/mol. The number of hydrogen-bond acceptors (Lipinski definition) is 4. The Labute approximate surface area is 105 Å². The van der Waals surface area contributed by atoms with Crippen molar-refractivity contribution in [1.82, 2.24) is 5.32 Å². The third-order valence-electron chi connectivity index (χ3n) is 2.47. The van der Waals surface area contributed by atoms with E-state index in [4.69, 9.17) is 5.11 Å². The lowest BCUT2D eigenvalue weighted by molar-refractivity contribution is -0.384. The summed E-state index contributed by atoms with van der Waals surface area (Å²) in [6.07, 6.45) is 0.810. The van der Waals surface area contributed by atoms with Gasteiger partial charge in [0, 0.05) is 24.6 Å². The van der Waals surface area contributed by atoms with Crippen LogP contribution in [0.2, 0.25) is 0 Å². The second-order valence-electron chi connectivity index (χ2n) is 4.07. The summed E-state index contributed by atoms with van der Waals surface area (Å²) in [7, 11) is 0. The highest BCUT2D eigenvalue weighted by molar-refractivity contribution is 5.76. The van der Waals surface area contributed by atoms with Crippen LogP contribution in [0.4, 0.5) is 5.69 Å². The summed E-state index contributed by atoms with van der Waals surface area (Å²) in [5.74, 6) is -0.144. The van der Waals surface area contributed by atoms with Gasteiger partial charge in [-0.25, -0.2) is 0 Å². The van der Waals surface area contributed by atoms with Gasteiger partial charge >= 0.3 is 0 Å². The molecule has 0 aromatic heterocycles. The van der Waals surface area contributed by atoms with E-state index in [1.165, 1.54) is 12.1 Å². The molecule has 1 unspecified atom stereocenters. The van der Waals surface area contributed by atoms with Gasteiger partial charge in [-0.15, -0.1) is 0 Å². The average Bonchev–Trinajstić information content (AvgIpc) is 2.36. The van der Waals surface area contributed by atoms with Gasteiger partial charge in [0.25, 0.3) is 5.69 Å². The molecule has 2 N–H and O–H groups in total. The normalized spacial score (nSPS) is 11.9. The largest absolute Gasteiger partial charge is 0.394 e. The van der Waals surface area contributed by atoms with Gasteiger partial charge in [-0.05, 0) is 18.9 Å². The van der Waals surface area contributed by atoms with Crippen LogP contribution in [0.25, 0.3) is 0 Å². The number of benzene rings is 1. The first kappa shape index (κ1) is 14.1. The first-order valence-corrected chi connectivity index (χ1v) is 5.66. The number of amides is 1. The molecule has 0 aliphatic rings. The molecule has 1 amide bonds. The zero-order valence-corrected chi connectivity index (χ0v) is 10.1. The molecule has 0 fully saturated rings. The first-order chi connectivity index (χ1) is 8.52. The summed E-state index contributed by atoms with van der Waals surface area (Å²) in [5.41, 5.74) is 0.907. The summed E-state index contributed by atoms with van der Waals surface area (Å²) in [5, 5.41) is 21.9. The molecule has 1 rings (SSSR count). The minimum atomic E-state index is -0.459. The smallest absolute Gasteiger partial charge is 0.269 e. The van der Waals surface area contributed by atoms with E-state index in [1.54, 1.807) is 19.1 Å². The molecule has 0 aliphatic heterocycles. The summed E-state index contributed by atoms with van der Waals surface area (Å²) in [6, 6.07) is 5.86. The van der Waals surface area contributed by atoms with Crippen molar-refractivity contribution in [2.45, 2.75) is 25.8 Å². The van der Waals surface area contributed by atoms with Crippen molar-refractivity contribution in [3.8, 4) is 0 Å². The molecule has 0 saturated heterocycles. The summed E-state index contributed by atoms with van der Waals surface area (Å²) in [6.45, 7) is 1.62. The Kier molecular flexibility index (Phi) is 5.26. The van der Waals surface area contributed by atoms with Crippen molar-refractivity contribution < 1.29 is 14.8 Å². The van der Waals surface area contributed by atoms with Gasteiger partial charge in [0.15, 0.2) is 0 Å². The molecule has 1 aromatic carbocycles. The Hall–Kier alpha value is -1.95. The fraction of sp³-hybridized carbons (Fsp3) is 0.417. The summed E-state index contributed by atoms with van der Waals surface area (Å²) < 4.78 is 0. The van der Waals surface area contributed by atoms with E-state index in [9.17, 15) is 14.9 Å². The van der Waals surface area contributed by atoms with Crippen LogP contribution < -0.4 is 5.32 Å². The molecule has 6 nitrogen and oxygen atoms in total. The van der Waals surface area contributed by atoms with Crippen LogP contribution in [-0.2, 0) is 11.2 Å². The topological polar surface area (TPSA) is 92.5 Å². The number of non-ortho nitro benzene ring substituents is 1. The van der Waals surface area contributed by atoms with Crippen molar-refractivity contribution in [2.75, 3.05) is 6.61 Å². The zero-order chi connectivity index (χ0) is 13.5. The zero-order valence-electron chi connectivity index (χ0n) is 10.1. The van der Waals surface area contributed by atoms with Crippen molar-refractivity contribution >= 4 is 11.6 Å². The molecule has 18 heavy (non-hydrogen) atoms. The molecule has 0 radical (unpaired) electrons. The van der Waals surface area contributed by atoms with Crippen LogP contribution in [0.3, 0.4) is 0 Å². The molecule has 1 aromatic rings. The van der Waals surface area contributed by atoms with E-state index in [0.717, 1.165) is 5.56 Å². The van der Waals surface area contributed by atoms with Crippen LogP contribution in [0.1, 0.15) is 18.9 Å². The molecule has 0 bridgehead atoms. The summed E-state index contributed by atoms with van der Waals surface area (Å²) >= 11 is 0. The number of nitrogens with zero attached hydrogens (tertiary/aromatic N) is 1. The highest BCUT2D eigenvalue weighted by Crippen LogP contribution is 2.12. The van der Waals surface area contributed by atoms with Crippen LogP contribution >= 0.6 is 0 Å². The molecule has 6 heteroatoms. The number of carbonyl (C=O) groups is 1. The Morgan fingerprint density at radius 2 is 2.06 bits per heavy atom. The standard InChI is InChI=1S/C12H16N2O4/c1-9(8-15)13-12(16)7-4-10-2-5-11(6-3-10)14(17)18/h2-3,5-6,9,15H,4,7-8H2,1H3,(H,13,16). The lowest BCUT2D eigenvalue weighted by Gasteiger charge is -2.10. The number of nitro benzene ring substituents is 1. The third-order valence-corrected chi connectivity index (χ3v) is 2.47. The maximum Gasteiger partial charge on any atom is 0.269 e. The fourth-order valence-corrected chi connectivity index (χ4v) is 1.43. The SMILES string of the molecule is CC(CO)NC(=O)CCc1ccc([N+](=O)[O-])cc1. The number of nitrogens with one attached hydrogen (secondary N) is 1. The Morgan fingerprint density at radius 3 is 2.56 bits per heavy atom. The maximum absolute atomic E-state index is 11.4. The number of rotatable bonds is 6. The second-order valence-corrected chi connectivity index (χ2v) is 4.07. The molecule has 0 heterocycles. The Balaban J connectivity index is 2.44. The fourth-order valence-electron chi connectivity index (χ4n) is 1.43. The highest BCUT2D eigenvalue weighted by Gasteiger charge is 2.07. The number of carbonyl (C=O) groups excluding carboxylic acids is 1. The number of aliphatic hydroxyl groups is 1. The quantitative estimate of drug-likeness (QED) is 0.584. The van der Waals surface area contributed by atoms with E-state index >= 15 is 0 Å². The number of nitro groups is 1. The molecular weight excluding hydrogens is 236 g/mol. The van der Waals surface area contributed by atoms with Crippen LogP contribution in [-0.4, -0.2) is 28.6 Å². The predicted octanol–water partition coefficient (Wildman–Crippen LogP) is 1.02. The van der Waals surface area contributed by atoms with Crippen LogP contribution in [0, 0.1) is 10.1 Å². The highest BCUT2D eigenvalue weighted by atomic mass is 16.6. The third kappa shape index (κ3) is 4.50. The molecule has 1 atom stereocenters.